The van der Waals surface area contributed by atoms with Crippen molar-refractivity contribution in [3.8, 4) is 5.75 Å². The molecule has 1 atom stereocenters. The van der Waals surface area contributed by atoms with Crippen LogP contribution in [0.25, 0.3) is 0 Å². The maximum absolute atomic E-state index is 14.6. The van der Waals surface area contributed by atoms with E-state index in [9.17, 15) is 9.18 Å². The van der Waals surface area contributed by atoms with E-state index >= 15 is 0 Å². The van der Waals surface area contributed by atoms with Gasteiger partial charge in [-0.25, -0.2) is 4.39 Å². The van der Waals surface area contributed by atoms with Gasteiger partial charge in [0, 0.05) is 25.2 Å². The standard InChI is InChI=1S/C23H27FN2O3/c1-28-19-6-7-20-16(13-19)3-2-4-17(20)14-23(27)25-18-5-8-22(21(24)15-18)26-9-11-29-12-10-26/h5-8,13,15,17H,2-4,9-12,14H2,1H3,(H,25,27). The molecule has 1 fully saturated rings. The molecule has 1 unspecified atom stereocenters. The molecule has 0 saturated carbocycles. The van der Waals surface area contributed by atoms with E-state index in [-0.39, 0.29) is 17.6 Å². The zero-order valence-corrected chi connectivity index (χ0v) is 16.7. The number of fused-ring (bicyclic) bond motifs is 1. The molecule has 1 heterocycles. The Morgan fingerprint density at radius 1 is 1.24 bits per heavy atom. The molecule has 5 nitrogen and oxygen atoms in total. The normalized spacial score (nSPS) is 18.8. The fourth-order valence-corrected chi connectivity index (χ4v) is 4.31. The number of amides is 1. The average molecular weight is 398 g/mol. The quantitative estimate of drug-likeness (QED) is 0.823. The first-order chi connectivity index (χ1) is 14.1. The Hall–Kier alpha value is -2.60. The first kappa shape index (κ1) is 19.7. The van der Waals surface area contributed by atoms with Crippen LogP contribution in [0.2, 0.25) is 0 Å². The van der Waals surface area contributed by atoms with Crippen LogP contribution in [0.3, 0.4) is 0 Å². The van der Waals surface area contributed by atoms with Crippen molar-refractivity contribution >= 4 is 17.3 Å². The van der Waals surface area contributed by atoms with Gasteiger partial charge in [0.1, 0.15) is 11.6 Å². The van der Waals surface area contributed by atoms with Crippen molar-refractivity contribution in [3.63, 3.8) is 0 Å². The average Bonchev–Trinajstić information content (AvgIpc) is 2.74. The lowest BCUT2D eigenvalue weighted by Gasteiger charge is -2.29. The molecule has 1 N–H and O–H groups in total. The molecule has 6 heteroatoms. The van der Waals surface area contributed by atoms with Crippen LogP contribution in [0.1, 0.15) is 36.3 Å². The van der Waals surface area contributed by atoms with E-state index in [1.807, 2.05) is 11.0 Å². The molecular formula is C23H27FN2O3. The van der Waals surface area contributed by atoms with E-state index in [4.69, 9.17) is 9.47 Å². The number of carbonyl (C=O) groups excluding carboxylic acids is 1. The van der Waals surface area contributed by atoms with Gasteiger partial charge in [-0.1, -0.05) is 6.07 Å². The minimum absolute atomic E-state index is 0.0859. The molecule has 2 aliphatic rings. The summed E-state index contributed by atoms with van der Waals surface area (Å²) in [5, 5.41) is 2.87. The first-order valence-corrected chi connectivity index (χ1v) is 10.2. The molecule has 29 heavy (non-hydrogen) atoms. The molecule has 2 aromatic rings. The second-order valence-electron chi connectivity index (χ2n) is 7.67. The number of rotatable bonds is 5. The molecule has 0 radical (unpaired) electrons. The second kappa shape index (κ2) is 8.82. The summed E-state index contributed by atoms with van der Waals surface area (Å²) in [5.41, 5.74) is 3.53. The van der Waals surface area contributed by atoms with Crippen molar-refractivity contribution < 1.29 is 18.7 Å². The summed E-state index contributed by atoms with van der Waals surface area (Å²) in [6.45, 7) is 2.56. The highest BCUT2D eigenvalue weighted by molar-refractivity contribution is 5.91. The smallest absolute Gasteiger partial charge is 0.224 e. The highest BCUT2D eigenvalue weighted by Crippen LogP contribution is 2.36. The molecule has 0 spiro atoms. The van der Waals surface area contributed by atoms with Crippen LogP contribution in [0.5, 0.6) is 5.75 Å². The predicted octanol–water partition coefficient (Wildman–Crippen LogP) is 4.12. The van der Waals surface area contributed by atoms with Gasteiger partial charge >= 0.3 is 0 Å². The maximum atomic E-state index is 14.6. The molecular weight excluding hydrogens is 371 g/mol. The van der Waals surface area contributed by atoms with Gasteiger partial charge in [0.05, 0.1) is 26.0 Å². The fraction of sp³-hybridized carbons (Fsp3) is 0.435. The molecule has 4 rings (SSSR count). The third-order valence-corrected chi connectivity index (χ3v) is 5.80. The van der Waals surface area contributed by atoms with Gasteiger partial charge < -0.3 is 19.7 Å². The lowest BCUT2D eigenvalue weighted by Crippen LogP contribution is -2.36. The topological polar surface area (TPSA) is 50.8 Å². The fourth-order valence-electron chi connectivity index (χ4n) is 4.31. The third kappa shape index (κ3) is 4.53. The van der Waals surface area contributed by atoms with Crippen LogP contribution in [0.4, 0.5) is 15.8 Å². The summed E-state index contributed by atoms with van der Waals surface area (Å²) in [7, 11) is 1.67. The Morgan fingerprint density at radius 2 is 2.07 bits per heavy atom. The Labute approximate surface area is 170 Å². The zero-order valence-electron chi connectivity index (χ0n) is 16.7. The van der Waals surface area contributed by atoms with E-state index in [2.05, 4.69) is 17.4 Å². The number of anilines is 2. The third-order valence-electron chi connectivity index (χ3n) is 5.80. The minimum atomic E-state index is -0.320. The van der Waals surface area contributed by atoms with Crippen molar-refractivity contribution in [2.24, 2.45) is 0 Å². The SMILES string of the molecule is COc1ccc2c(c1)CCCC2CC(=O)Nc1ccc(N2CCOCC2)c(F)c1. The highest BCUT2D eigenvalue weighted by Gasteiger charge is 2.23. The number of nitrogens with one attached hydrogen (secondary N) is 1. The second-order valence-corrected chi connectivity index (χ2v) is 7.67. The van der Waals surface area contributed by atoms with Gasteiger partial charge in [-0.05, 0) is 66.6 Å². The van der Waals surface area contributed by atoms with E-state index < -0.39 is 0 Å². The van der Waals surface area contributed by atoms with Gasteiger partial charge in [-0.3, -0.25) is 4.79 Å². The van der Waals surface area contributed by atoms with Crippen molar-refractivity contribution in [1.82, 2.24) is 0 Å². The van der Waals surface area contributed by atoms with Crippen LogP contribution in [-0.4, -0.2) is 39.3 Å². The summed E-state index contributed by atoms with van der Waals surface area (Å²) >= 11 is 0. The number of ether oxygens (including phenoxy) is 2. The molecule has 1 saturated heterocycles. The molecule has 0 aromatic heterocycles. The van der Waals surface area contributed by atoms with E-state index in [1.165, 1.54) is 17.2 Å². The van der Waals surface area contributed by atoms with E-state index in [1.54, 1.807) is 19.2 Å². The number of aryl methyl sites for hydroxylation is 1. The predicted molar refractivity (Wildman–Crippen MR) is 111 cm³/mol. The van der Waals surface area contributed by atoms with E-state index in [0.29, 0.717) is 44.1 Å². The molecule has 1 amide bonds. The monoisotopic (exact) mass is 398 g/mol. The number of nitrogens with zero attached hydrogens (tertiary/aromatic N) is 1. The molecule has 1 aliphatic heterocycles. The zero-order chi connectivity index (χ0) is 20.2. The number of halogens is 1. The van der Waals surface area contributed by atoms with Crippen LogP contribution in [0, 0.1) is 5.82 Å². The van der Waals surface area contributed by atoms with Crippen LogP contribution in [-0.2, 0) is 16.0 Å². The summed E-state index contributed by atoms with van der Waals surface area (Å²) in [4.78, 5) is 14.6. The number of hydrogen-bond acceptors (Lipinski definition) is 4. The Morgan fingerprint density at radius 3 is 2.83 bits per heavy atom. The molecule has 2 aromatic carbocycles. The molecule has 0 bridgehead atoms. The number of methoxy groups -OCH3 is 1. The number of benzene rings is 2. The van der Waals surface area contributed by atoms with Crippen molar-refractivity contribution in [3.05, 3.63) is 53.3 Å². The van der Waals surface area contributed by atoms with Crippen LogP contribution in [0.15, 0.2) is 36.4 Å². The number of hydrogen-bond donors (Lipinski definition) is 1. The maximum Gasteiger partial charge on any atom is 0.224 e. The molecule has 154 valence electrons. The first-order valence-electron chi connectivity index (χ1n) is 10.2. The van der Waals surface area contributed by atoms with Crippen LogP contribution < -0.4 is 15.0 Å². The van der Waals surface area contributed by atoms with Crippen molar-refractivity contribution in [2.75, 3.05) is 43.6 Å². The van der Waals surface area contributed by atoms with Crippen molar-refractivity contribution in [1.29, 1.82) is 0 Å². The summed E-state index contributed by atoms with van der Waals surface area (Å²) < 4.78 is 25.2. The van der Waals surface area contributed by atoms with Gasteiger partial charge in [0.15, 0.2) is 0 Å². The lowest BCUT2D eigenvalue weighted by atomic mass is 9.81. The lowest BCUT2D eigenvalue weighted by molar-refractivity contribution is -0.116. The highest BCUT2D eigenvalue weighted by atomic mass is 19.1. The van der Waals surface area contributed by atoms with Gasteiger partial charge in [-0.2, -0.15) is 0 Å². The van der Waals surface area contributed by atoms with Gasteiger partial charge in [0.25, 0.3) is 0 Å². The summed E-state index contributed by atoms with van der Waals surface area (Å²) in [6.07, 6.45) is 3.45. The Bertz CT molecular complexity index is 880. The molecule has 1 aliphatic carbocycles. The van der Waals surface area contributed by atoms with Crippen molar-refractivity contribution in [2.45, 2.75) is 31.6 Å². The van der Waals surface area contributed by atoms with E-state index in [0.717, 1.165) is 25.0 Å². The largest absolute Gasteiger partial charge is 0.497 e. The minimum Gasteiger partial charge on any atom is -0.497 e. The number of carbonyl (C=O) groups is 1. The Balaban J connectivity index is 1.41. The Kier molecular flexibility index (Phi) is 6.00. The van der Waals surface area contributed by atoms with Gasteiger partial charge in [0.2, 0.25) is 5.91 Å². The van der Waals surface area contributed by atoms with Crippen LogP contribution >= 0.6 is 0 Å². The summed E-state index contributed by atoms with van der Waals surface area (Å²) in [5.74, 6) is 0.629. The van der Waals surface area contributed by atoms with Gasteiger partial charge in [-0.15, -0.1) is 0 Å². The number of morpholine rings is 1. The summed E-state index contributed by atoms with van der Waals surface area (Å²) in [6, 6.07) is 11.0.